The first kappa shape index (κ1) is 16.1. The maximum atomic E-state index is 12.6. The summed E-state index contributed by atoms with van der Waals surface area (Å²) < 4.78 is 0.813. The zero-order chi connectivity index (χ0) is 13.4. The average molecular weight is 380 g/mol. The summed E-state index contributed by atoms with van der Waals surface area (Å²) in [5, 5.41) is 4.02. The van der Waals surface area contributed by atoms with Crippen molar-refractivity contribution in [2.24, 2.45) is 11.8 Å². The van der Waals surface area contributed by atoms with Crippen LogP contribution in [0.25, 0.3) is 0 Å². The summed E-state index contributed by atoms with van der Waals surface area (Å²) in [5.74, 6) is 1.43. The zero-order valence-electron chi connectivity index (χ0n) is 10.9. The van der Waals surface area contributed by atoms with E-state index in [-0.39, 0.29) is 18.3 Å². The molecule has 0 bridgehead atoms. The number of nitrogens with one attached hydrogen (secondary N) is 1. The number of hydrogen-bond acceptors (Lipinski definition) is 2. The number of carbonyl (C=O) groups is 1. The summed E-state index contributed by atoms with van der Waals surface area (Å²) in [6, 6.07) is 5.36. The van der Waals surface area contributed by atoms with Crippen LogP contribution in [-0.2, 0) is 0 Å². The van der Waals surface area contributed by atoms with Crippen LogP contribution >= 0.6 is 39.9 Å². The van der Waals surface area contributed by atoms with E-state index in [1.165, 1.54) is 0 Å². The molecule has 2 saturated heterocycles. The Labute approximate surface area is 138 Å². The lowest BCUT2D eigenvalue weighted by atomic mass is 9.88. The van der Waals surface area contributed by atoms with E-state index in [1.54, 1.807) is 12.1 Å². The van der Waals surface area contributed by atoms with Crippen molar-refractivity contribution in [3.63, 3.8) is 0 Å². The number of fused-ring (bicyclic) bond motifs is 1. The Morgan fingerprint density at radius 3 is 2.90 bits per heavy atom. The molecule has 1 amide bonds. The van der Waals surface area contributed by atoms with E-state index >= 15 is 0 Å². The van der Waals surface area contributed by atoms with Crippen LogP contribution in [0, 0.1) is 11.8 Å². The topological polar surface area (TPSA) is 32.3 Å². The van der Waals surface area contributed by atoms with E-state index in [2.05, 4.69) is 21.2 Å². The van der Waals surface area contributed by atoms with Gasteiger partial charge in [-0.3, -0.25) is 4.79 Å². The minimum atomic E-state index is 0. The maximum absolute atomic E-state index is 12.6. The highest BCUT2D eigenvalue weighted by molar-refractivity contribution is 9.10. The first-order valence-electron chi connectivity index (χ1n) is 6.60. The predicted octanol–water partition coefficient (Wildman–Crippen LogP) is 3.21. The third-order valence-electron chi connectivity index (χ3n) is 4.15. The molecule has 6 heteroatoms. The molecule has 2 unspecified atom stereocenters. The molecule has 0 saturated carbocycles. The number of rotatable bonds is 1. The minimum absolute atomic E-state index is 0. The minimum Gasteiger partial charge on any atom is -0.338 e. The van der Waals surface area contributed by atoms with E-state index in [1.807, 2.05) is 11.0 Å². The van der Waals surface area contributed by atoms with Crippen LogP contribution in [0.5, 0.6) is 0 Å². The van der Waals surface area contributed by atoms with Gasteiger partial charge in [-0.15, -0.1) is 12.4 Å². The maximum Gasteiger partial charge on any atom is 0.255 e. The van der Waals surface area contributed by atoms with Crippen molar-refractivity contribution in [3.8, 4) is 0 Å². The summed E-state index contributed by atoms with van der Waals surface area (Å²) in [6.07, 6.45) is 1.10. The van der Waals surface area contributed by atoms with E-state index in [0.29, 0.717) is 16.5 Å². The molecule has 2 heterocycles. The molecule has 3 nitrogen and oxygen atoms in total. The van der Waals surface area contributed by atoms with Crippen LogP contribution in [-0.4, -0.2) is 37.0 Å². The lowest BCUT2D eigenvalue weighted by molar-refractivity contribution is 0.0641. The number of carbonyl (C=O) groups excluding carboxylic acids is 1. The van der Waals surface area contributed by atoms with Gasteiger partial charge in [0.2, 0.25) is 0 Å². The number of benzene rings is 1. The number of likely N-dealkylation sites (tertiary alicyclic amines) is 1. The molecule has 20 heavy (non-hydrogen) atoms. The van der Waals surface area contributed by atoms with Crippen molar-refractivity contribution in [2.45, 2.75) is 6.42 Å². The number of halogens is 3. The van der Waals surface area contributed by atoms with Gasteiger partial charge in [0.1, 0.15) is 0 Å². The van der Waals surface area contributed by atoms with E-state index in [0.717, 1.165) is 43.0 Å². The van der Waals surface area contributed by atoms with E-state index < -0.39 is 0 Å². The molecule has 0 aliphatic carbocycles. The van der Waals surface area contributed by atoms with Crippen LogP contribution in [0.3, 0.4) is 0 Å². The molecule has 2 fully saturated rings. The standard InChI is InChI=1S/C14H16BrClN2O.ClH/c15-13-2-1-11(16)5-12(13)14(19)18-4-3-9-6-17-7-10(9)8-18;/h1-2,5,9-10,17H,3-4,6-8H2;1H. The first-order chi connectivity index (χ1) is 9.15. The van der Waals surface area contributed by atoms with Gasteiger partial charge in [-0.1, -0.05) is 11.6 Å². The quantitative estimate of drug-likeness (QED) is 0.812. The normalized spacial score (nSPS) is 25.0. The van der Waals surface area contributed by atoms with Gasteiger partial charge in [0, 0.05) is 22.6 Å². The summed E-state index contributed by atoms with van der Waals surface area (Å²) in [5.41, 5.74) is 0.664. The van der Waals surface area contributed by atoms with Crippen molar-refractivity contribution in [1.82, 2.24) is 10.2 Å². The molecule has 0 spiro atoms. The molecular weight excluding hydrogens is 363 g/mol. The molecule has 1 N–H and O–H groups in total. The van der Waals surface area contributed by atoms with E-state index in [9.17, 15) is 4.79 Å². The van der Waals surface area contributed by atoms with Gasteiger partial charge in [0.25, 0.3) is 5.91 Å². The van der Waals surface area contributed by atoms with Crippen LogP contribution in [0.2, 0.25) is 5.02 Å². The summed E-state index contributed by atoms with van der Waals surface area (Å²) >= 11 is 9.42. The Balaban J connectivity index is 0.00000147. The Kier molecular flexibility index (Phi) is 5.35. The highest BCUT2D eigenvalue weighted by Crippen LogP contribution is 2.29. The Morgan fingerprint density at radius 1 is 1.35 bits per heavy atom. The molecule has 2 aliphatic rings. The summed E-state index contributed by atoms with van der Waals surface area (Å²) in [4.78, 5) is 14.5. The fourth-order valence-corrected chi connectivity index (χ4v) is 3.64. The Hall–Kier alpha value is -0.290. The van der Waals surface area contributed by atoms with Gasteiger partial charge < -0.3 is 10.2 Å². The lowest BCUT2D eigenvalue weighted by Crippen LogP contribution is -2.43. The molecule has 2 atom stereocenters. The Morgan fingerprint density at radius 2 is 2.10 bits per heavy atom. The first-order valence-corrected chi connectivity index (χ1v) is 7.77. The van der Waals surface area contributed by atoms with Crippen molar-refractivity contribution < 1.29 is 4.79 Å². The summed E-state index contributed by atoms with van der Waals surface area (Å²) in [6.45, 7) is 3.84. The Bertz CT molecular complexity index is 512. The largest absolute Gasteiger partial charge is 0.338 e. The van der Waals surface area contributed by atoms with Crippen molar-refractivity contribution in [3.05, 3.63) is 33.3 Å². The van der Waals surface area contributed by atoms with Crippen LogP contribution in [0.4, 0.5) is 0 Å². The zero-order valence-corrected chi connectivity index (χ0v) is 14.1. The molecule has 110 valence electrons. The number of hydrogen-bond donors (Lipinski definition) is 1. The van der Waals surface area contributed by atoms with Crippen LogP contribution < -0.4 is 5.32 Å². The molecular formula is C14H17BrCl2N2O. The molecule has 1 aromatic carbocycles. The van der Waals surface area contributed by atoms with Gasteiger partial charge in [-0.25, -0.2) is 0 Å². The highest BCUT2D eigenvalue weighted by Gasteiger charge is 2.35. The average Bonchev–Trinajstić information content (AvgIpc) is 2.88. The fourth-order valence-electron chi connectivity index (χ4n) is 3.05. The van der Waals surface area contributed by atoms with Gasteiger partial charge in [0.05, 0.1) is 5.56 Å². The molecule has 2 aliphatic heterocycles. The van der Waals surface area contributed by atoms with Gasteiger partial charge in [-0.2, -0.15) is 0 Å². The second-order valence-electron chi connectivity index (χ2n) is 5.34. The number of amides is 1. The number of nitrogens with zero attached hydrogens (tertiary/aromatic N) is 1. The summed E-state index contributed by atoms with van der Waals surface area (Å²) in [7, 11) is 0. The third-order valence-corrected chi connectivity index (χ3v) is 5.08. The molecule has 0 aromatic heterocycles. The van der Waals surface area contributed by atoms with Crippen molar-refractivity contribution in [2.75, 3.05) is 26.2 Å². The molecule has 3 rings (SSSR count). The van der Waals surface area contributed by atoms with Gasteiger partial charge in [0.15, 0.2) is 0 Å². The predicted molar refractivity (Wildman–Crippen MR) is 86.8 cm³/mol. The smallest absolute Gasteiger partial charge is 0.255 e. The second kappa shape index (κ2) is 6.65. The third kappa shape index (κ3) is 3.14. The monoisotopic (exact) mass is 378 g/mol. The van der Waals surface area contributed by atoms with Crippen LogP contribution in [0.1, 0.15) is 16.8 Å². The fraction of sp³-hybridized carbons (Fsp3) is 0.500. The van der Waals surface area contributed by atoms with Crippen LogP contribution in [0.15, 0.2) is 22.7 Å². The van der Waals surface area contributed by atoms with Gasteiger partial charge in [-0.05, 0) is 65.5 Å². The van der Waals surface area contributed by atoms with Gasteiger partial charge >= 0.3 is 0 Å². The van der Waals surface area contributed by atoms with E-state index in [4.69, 9.17) is 11.6 Å². The molecule has 0 radical (unpaired) electrons. The van der Waals surface area contributed by atoms with Crippen molar-refractivity contribution >= 4 is 45.8 Å². The second-order valence-corrected chi connectivity index (χ2v) is 6.63. The highest BCUT2D eigenvalue weighted by atomic mass is 79.9. The number of piperidine rings is 1. The molecule has 1 aromatic rings. The van der Waals surface area contributed by atoms with Crippen molar-refractivity contribution in [1.29, 1.82) is 0 Å². The SMILES string of the molecule is Cl.O=C(c1cc(Cl)ccc1Br)N1CCC2CNCC2C1. The lowest BCUT2D eigenvalue weighted by Gasteiger charge is -2.34.